The molecule has 0 aliphatic carbocycles. The summed E-state index contributed by atoms with van der Waals surface area (Å²) in [5, 5.41) is -0.551. The molecule has 0 atom stereocenters. The molecule has 0 aliphatic heterocycles. The zero-order valence-corrected chi connectivity index (χ0v) is 14.7. The first kappa shape index (κ1) is 19.6. The van der Waals surface area contributed by atoms with Crippen molar-refractivity contribution in [2.45, 2.75) is 17.5 Å². The number of ether oxygens (including phenoxy) is 1. The van der Waals surface area contributed by atoms with E-state index in [1.54, 1.807) is 24.3 Å². The van der Waals surface area contributed by atoms with Gasteiger partial charge >= 0.3 is 6.18 Å². The molecule has 0 aromatic heterocycles. The standard InChI is InChI=1S/C16H15ClF3NO3S/c1-24-12-4-2-11(3-5-12)8-9-21-25(22,23)13-6-7-15(17)14(10-13)16(18,19)20/h2-7,10,21H,8-9H2,1H3. The molecule has 0 aliphatic rings. The van der Waals surface area contributed by atoms with E-state index < -0.39 is 31.7 Å². The van der Waals surface area contributed by atoms with Crippen molar-refractivity contribution in [2.24, 2.45) is 0 Å². The molecule has 2 rings (SSSR count). The number of halogens is 4. The van der Waals surface area contributed by atoms with Gasteiger partial charge in [-0.05, 0) is 42.3 Å². The van der Waals surface area contributed by atoms with Crippen molar-refractivity contribution in [3.05, 3.63) is 58.6 Å². The lowest BCUT2D eigenvalue weighted by Gasteiger charge is -2.12. The molecule has 2 aromatic rings. The highest BCUT2D eigenvalue weighted by Gasteiger charge is 2.34. The van der Waals surface area contributed by atoms with Crippen LogP contribution in [0.2, 0.25) is 5.02 Å². The van der Waals surface area contributed by atoms with Gasteiger partial charge in [0.05, 0.1) is 22.6 Å². The highest BCUT2D eigenvalue weighted by atomic mass is 35.5. The van der Waals surface area contributed by atoms with E-state index in [0.29, 0.717) is 18.2 Å². The molecule has 136 valence electrons. The first-order valence-corrected chi connectivity index (χ1v) is 8.99. The summed E-state index contributed by atoms with van der Waals surface area (Å²) in [6.07, 6.45) is -4.35. The Morgan fingerprint density at radius 1 is 1.12 bits per heavy atom. The molecule has 0 bridgehead atoms. The number of hydrogen-bond acceptors (Lipinski definition) is 3. The summed E-state index contributed by atoms with van der Waals surface area (Å²) in [7, 11) is -2.54. The van der Waals surface area contributed by atoms with Crippen LogP contribution >= 0.6 is 11.6 Å². The van der Waals surface area contributed by atoms with Crippen molar-refractivity contribution in [3.8, 4) is 5.75 Å². The topological polar surface area (TPSA) is 55.4 Å². The summed E-state index contributed by atoms with van der Waals surface area (Å²) >= 11 is 5.49. The Morgan fingerprint density at radius 2 is 1.76 bits per heavy atom. The Bertz CT molecular complexity index is 837. The number of hydrogen-bond donors (Lipinski definition) is 1. The molecular formula is C16H15ClF3NO3S. The third kappa shape index (κ3) is 5.10. The molecule has 2 aromatic carbocycles. The van der Waals surface area contributed by atoms with Crippen LogP contribution in [-0.4, -0.2) is 22.1 Å². The van der Waals surface area contributed by atoms with E-state index in [0.717, 1.165) is 17.7 Å². The summed E-state index contributed by atoms with van der Waals surface area (Å²) in [6, 6.07) is 9.50. The van der Waals surface area contributed by atoms with Gasteiger partial charge in [0, 0.05) is 6.54 Å². The van der Waals surface area contributed by atoms with Crippen LogP contribution in [0.5, 0.6) is 5.75 Å². The number of benzene rings is 2. The Hall–Kier alpha value is -1.77. The van der Waals surface area contributed by atoms with E-state index in [4.69, 9.17) is 16.3 Å². The zero-order chi connectivity index (χ0) is 18.7. The molecule has 0 amide bonds. The van der Waals surface area contributed by atoms with Gasteiger partial charge in [-0.15, -0.1) is 0 Å². The van der Waals surface area contributed by atoms with Crippen LogP contribution in [0.1, 0.15) is 11.1 Å². The average Bonchev–Trinajstić information content (AvgIpc) is 2.54. The van der Waals surface area contributed by atoms with Gasteiger partial charge in [0.15, 0.2) is 0 Å². The minimum Gasteiger partial charge on any atom is -0.497 e. The molecule has 0 spiro atoms. The predicted octanol–water partition coefficient (Wildman–Crippen LogP) is 3.89. The lowest BCUT2D eigenvalue weighted by atomic mass is 10.1. The van der Waals surface area contributed by atoms with Gasteiger partial charge in [0.25, 0.3) is 0 Å². The van der Waals surface area contributed by atoms with E-state index >= 15 is 0 Å². The van der Waals surface area contributed by atoms with Crippen molar-refractivity contribution in [2.75, 3.05) is 13.7 Å². The number of methoxy groups -OCH3 is 1. The van der Waals surface area contributed by atoms with Gasteiger partial charge in [-0.25, -0.2) is 13.1 Å². The number of nitrogens with one attached hydrogen (secondary N) is 1. The fourth-order valence-corrected chi connectivity index (χ4v) is 3.38. The fraction of sp³-hybridized carbons (Fsp3) is 0.250. The Labute approximate surface area is 148 Å². The van der Waals surface area contributed by atoms with Crippen LogP contribution in [0.4, 0.5) is 13.2 Å². The molecule has 25 heavy (non-hydrogen) atoms. The van der Waals surface area contributed by atoms with Gasteiger partial charge in [-0.2, -0.15) is 13.2 Å². The van der Waals surface area contributed by atoms with Gasteiger partial charge in [-0.1, -0.05) is 23.7 Å². The molecule has 0 heterocycles. The monoisotopic (exact) mass is 393 g/mol. The van der Waals surface area contributed by atoms with Crippen molar-refractivity contribution in [1.82, 2.24) is 4.72 Å². The predicted molar refractivity (Wildman–Crippen MR) is 88.3 cm³/mol. The van der Waals surface area contributed by atoms with E-state index in [-0.39, 0.29) is 6.54 Å². The second kappa shape index (κ2) is 7.63. The third-order valence-electron chi connectivity index (χ3n) is 3.42. The Kier molecular flexibility index (Phi) is 5.97. The van der Waals surface area contributed by atoms with Crippen LogP contribution in [0.25, 0.3) is 0 Å². The lowest BCUT2D eigenvalue weighted by Crippen LogP contribution is -2.26. The molecule has 9 heteroatoms. The molecule has 0 unspecified atom stereocenters. The molecule has 0 fully saturated rings. The fourth-order valence-electron chi connectivity index (χ4n) is 2.09. The van der Waals surface area contributed by atoms with Gasteiger partial charge in [0.2, 0.25) is 10.0 Å². The van der Waals surface area contributed by atoms with Gasteiger partial charge < -0.3 is 4.74 Å². The molecule has 0 radical (unpaired) electrons. The van der Waals surface area contributed by atoms with E-state index in [1.807, 2.05) is 0 Å². The van der Waals surface area contributed by atoms with E-state index in [9.17, 15) is 21.6 Å². The van der Waals surface area contributed by atoms with Crippen molar-refractivity contribution in [3.63, 3.8) is 0 Å². The highest BCUT2D eigenvalue weighted by Crippen LogP contribution is 2.35. The van der Waals surface area contributed by atoms with Gasteiger partial charge in [-0.3, -0.25) is 0 Å². The second-order valence-electron chi connectivity index (χ2n) is 5.14. The molecular weight excluding hydrogens is 379 g/mol. The summed E-state index contributed by atoms with van der Waals surface area (Å²) in [5.41, 5.74) is -0.331. The van der Waals surface area contributed by atoms with Crippen molar-refractivity contribution in [1.29, 1.82) is 0 Å². The average molecular weight is 394 g/mol. The van der Waals surface area contributed by atoms with Crippen LogP contribution in [-0.2, 0) is 22.6 Å². The van der Waals surface area contributed by atoms with Crippen molar-refractivity contribution >= 4 is 21.6 Å². The van der Waals surface area contributed by atoms with Crippen LogP contribution in [0, 0.1) is 0 Å². The first-order chi connectivity index (χ1) is 11.6. The minimum absolute atomic E-state index is 0.0403. The summed E-state index contributed by atoms with van der Waals surface area (Å²) in [4.78, 5) is -0.487. The van der Waals surface area contributed by atoms with Gasteiger partial charge in [0.1, 0.15) is 5.75 Å². The maximum atomic E-state index is 12.8. The summed E-state index contributed by atoms with van der Waals surface area (Å²) in [6.45, 7) is 0.0403. The first-order valence-electron chi connectivity index (χ1n) is 7.13. The number of rotatable bonds is 6. The number of sulfonamides is 1. The van der Waals surface area contributed by atoms with E-state index in [2.05, 4.69) is 4.72 Å². The molecule has 1 N–H and O–H groups in total. The van der Waals surface area contributed by atoms with E-state index in [1.165, 1.54) is 7.11 Å². The molecule has 0 saturated heterocycles. The smallest absolute Gasteiger partial charge is 0.417 e. The maximum Gasteiger partial charge on any atom is 0.417 e. The van der Waals surface area contributed by atoms with Crippen LogP contribution in [0.15, 0.2) is 47.4 Å². The molecule has 0 saturated carbocycles. The third-order valence-corrected chi connectivity index (χ3v) is 5.21. The lowest BCUT2D eigenvalue weighted by molar-refractivity contribution is -0.137. The minimum atomic E-state index is -4.73. The zero-order valence-electron chi connectivity index (χ0n) is 13.1. The van der Waals surface area contributed by atoms with Crippen LogP contribution < -0.4 is 9.46 Å². The van der Waals surface area contributed by atoms with Crippen molar-refractivity contribution < 1.29 is 26.3 Å². The largest absolute Gasteiger partial charge is 0.497 e. The highest BCUT2D eigenvalue weighted by molar-refractivity contribution is 7.89. The normalized spacial score (nSPS) is 12.2. The Morgan fingerprint density at radius 3 is 2.32 bits per heavy atom. The molecule has 4 nitrogen and oxygen atoms in total. The SMILES string of the molecule is COc1ccc(CCNS(=O)(=O)c2ccc(Cl)c(C(F)(F)F)c2)cc1. The Balaban J connectivity index is 2.08. The number of alkyl halides is 3. The van der Waals surface area contributed by atoms with Crippen LogP contribution in [0.3, 0.4) is 0 Å². The second-order valence-corrected chi connectivity index (χ2v) is 7.31. The maximum absolute atomic E-state index is 12.8. The quantitative estimate of drug-likeness (QED) is 0.810. The summed E-state index contributed by atoms with van der Waals surface area (Å²) < 4.78 is 70.2. The summed E-state index contributed by atoms with van der Waals surface area (Å²) in [5.74, 6) is 0.671.